The van der Waals surface area contributed by atoms with E-state index in [9.17, 15) is 14.4 Å². The van der Waals surface area contributed by atoms with Crippen LogP contribution in [0.1, 0.15) is 19.8 Å². The van der Waals surface area contributed by atoms with Crippen molar-refractivity contribution in [1.82, 2.24) is 14.6 Å². The predicted molar refractivity (Wildman–Crippen MR) is 59.4 cm³/mol. The highest BCUT2D eigenvalue weighted by Crippen LogP contribution is 2.13. The third kappa shape index (κ3) is 2.45. The Morgan fingerprint density at radius 1 is 1.39 bits per heavy atom. The number of hydroxylamine groups is 2. The number of hydrogen-bond acceptors (Lipinski definition) is 5. The van der Waals surface area contributed by atoms with Crippen molar-refractivity contribution in [3.63, 3.8) is 0 Å². The van der Waals surface area contributed by atoms with Gasteiger partial charge < -0.3 is 9.40 Å². The van der Waals surface area contributed by atoms with Gasteiger partial charge in [0.15, 0.2) is 0 Å². The summed E-state index contributed by atoms with van der Waals surface area (Å²) >= 11 is 0. The van der Waals surface area contributed by atoms with Gasteiger partial charge in [0.25, 0.3) is 11.8 Å². The Morgan fingerprint density at radius 2 is 2.06 bits per heavy atom. The minimum atomic E-state index is -0.773. The molecule has 2 rings (SSSR count). The first-order chi connectivity index (χ1) is 8.58. The third-order valence-electron chi connectivity index (χ3n) is 2.43. The maximum Gasteiger partial charge on any atom is 0.358 e. The van der Waals surface area contributed by atoms with Gasteiger partial charge in [-0.15, -0.1) is 5.06 Å². The maximum atomic E-state index is 11.5. The van der Waals surface area contributed by atoms with E-state index in [1.165, 1.54) is 12.4 Å². The summed E-state index contributed by atoms with van der Waals surface area (Å²) in [6, 6.07) is 0. The average Bonchev–Trinajstić information content (AvgIpc) is 2.94. The lowest BCUT2D eigenvalue weighted by atomic mass is 10.4. The monoisotopic (exact) mass is 249 g/mol. The zero-order valence-electron chi connectivity index (χ0n) is 9.70. The van der Waals surface area contributed by atoms with Crippen LogP contribution in [0.5, 0.6) is 0 Å². The van der Waals surface area contributed by atoms with Crippen molar-refractivity contribution in [3.05, 3.63) is 24.8 Å². The van der Waals surface area contributed by atoms with Crippen LogP contribution >= 0.6 is 0 Å². The molecule has 0 aliphatic carbocycles. The topological polar surface area (TPSA) is 81.5 Å². The standard InChI is InChI=1S/C11H11N3O4/c1-8(13-5-4-12-7-13)6-11(17)18-14-9(15)2-3-10(14)16/h4-7H,2-3H2,1H3/b8-6-. The molecule has 7 heteroatoms. The number of carbonyl (C=O) groups is 3. The summed E-state index contributed by atoms with van der Waals surface area (Å²) in [5.41, 5.74) is 0.566. The van der Waals surface area contributed by atoms with Gasteiger partial charge in [0, 0.05) is 37.0 Å². The summed E-state index contributed by atoms with van der Waals surface area (Å²) in [5, 5.41) is 0.514. The summed E-state index contributed by atoms with van der Waals surface area (Å²) < 4.78 is 1.61. The average molecular weight is 249 g/mol. The van der Waals surface area contributed by atoms with Gasteiger partial charge in [-0.1, -0.05) is 0 Å². The van der Waals surface area contributed by atoms with E-state index < -0.39 is 17.8 Å². The molecular weight excluding hydrogens is 238 g/mol. The molecule has 0 aromatic carbocycles. The fourth-order valence-corrected chi connectivity index (χ4v) is 1.49. The highest BCUT2D eigenvalue weighted by Gasteiger charge is 2.32. The molecule has 0 saturated carbocycles. The van der Waals surface area contributed by atoms with E-state index in [0.29, 0.717) is 10.8 Å². The number of carbonyl (C=O) groups excluding carboxylic acids is 3. The molecule has 0 spiro atoms. The molecule has 1 saturated heterocycles. The van der Waals surface area contributed by atoms with Crippen LogP contribution in [0.2, 0.25) is 0 Å². The minimum absolute atomic E-state index is 0.0797. The Morgan fingerprint density at radius 3 is 2.61 bits per heavy atom. The van der Waals surface area contributed by atoms with Crippen molar-refractivity contribution < 1.29 is 19.2 Å². The van der Waals surface area contributed by atoms with E-state index in [1.807, 2.05) is 0 Å². The quantitative estimate of drug-likeness (QED) is 0.570. The minimum Gasteiger partial charge on any atom is -0.326 e. The van der Waals surface area contributed by atoms with Crippen molar-refractivity contribution in [1.29, 1.82) is 0 Å². The second kappa shape index (κ2) is 4.82. The Labute approximate surface area is 103 Å². The smallest absolute Gasteiger partial charge is 0.326 e. The number of aromatic nitrogens is 2. The number of nitrogens with zero attached hydrogens (tertiary/aromatic N) is 3. The number of allylic oxidation sites excluding steroid dienone is 1. The van der Waals surface area contributed by atoms with Gasteiger partial charge in [0.05, 0.1) is 6.33 Å². The van der Waals surface area contributed by atoms with Gasteiger partial charge in [-0.3, -0.25) is 9.59 Å². The van der Waals surface area contributed by atoms with Gasteiger partial charge in [-0.05, 0) is 6.92 Å². The van der Waals surface area contributed by atoms with Crippen molar-refractivity contribution in [2.24, 2.45) is 0 Å². The van der Waals surface area contributed by atoms with Gasteiger partial charge in [-0.25, -0.2) is 9.78 Å². The van der Waals surface area contributed by atoms with Gasteiger partial charge in [-0.2, -0.15) is 0 Å². The molecule has 1 fully saturated rings. The molecule has 1 aliphatic rings. The van der Waals surface area contributed by atoms with E-state index in [4.69, 9.17) is 0 Å². The second-order valence-electron chi connectivity index (χ2n) is 3.75. The lowest BCUT2D eigenvalue weighted by molar-refractivity contribution is -0.193. The lowest BCUT2D eigenvalue weighted by Gasteiger charge is -2.11. The van der Waals surface area contributed by atoms with E-state index in [-0.39, 0.29) is 12.8 Å². The van der Waals surface area contributed by atoms with Crippen LogP contribution < -0.4 is 0 Å². The fraction of sp³-hybridized carbons (Fsp3) is 0.273. The second-order valence-corrected chi connectivity index (χ2v) is 3.75. The molecule has 0 atom stereocenters. The normalized spacial score (nSPS) is 16.3. The summed E-state index contributed by atoms with van der Waals surface area (Å²) in [6.45, 7) is 1.68. The first-order valence-electron chi connectivity index (χ1n) is 5.32. The third-order valence-corrected chi connectivity index (χ3v) is 2.43. The van der Waals surface area contributed by atoms with Crippen LogP contribution in [0.3, 0.4) is 0 Å². The van der Waals surface area contributed by atoms with Crippen LogP contribution in [-0.4, -0.2) is 32.4 Å². The lowest BCUT2D eigenvalue weighted by Crippen LogP contribution is -2.31. The van der Waals surface area contributed by atoms with Crippen molar-refractivity contribution in [2.45, 2.75) is 19.8 Å². The molecule has 0 radical (unpaired) electrons. The maximum absolute atomic E-state index is 11.5. The van der Waals surface area contributed by atoms with E-state index in [0.717, 1.165) is 0 Å². The molecule has 0 unspecified atom stereocenters. The number of amides is 2. The summed E-state index contributed by atoms with van der Waals surface area (Å²) in [4.78, 5) is 42.5. The van der Waals surface area contributed by atoms with Crippen LogP contribution in [0.15, 0.2) is 24.8 Å². The van der Waals surface area contributed by atoms with Crippen LogP contribution in [0.25, 0.3) is 5.70 Å². The fourth-order valence-electron chi connectivity index (χ4n) is 1.49. The molecule has 18 heavy (non-hydrogen) atoms. The largest absolute Gasteiger partial charge is 0.358 e. The van der Waals surface area contributed by atoms with Crippen molar-refractivity contribution in [2.75, 3.05) is 0 Å². The Hall–Kier alpha value is -2.44. The number of hydrogen-bond donors (Lipinski definition) is 0. The highest BCUT2D eigenvalue weighted by molar-refractivity contribution is 6.02. The molecule has 7 nitrogen and oxygen atoms in total. The van der Waals surface area contributed by atoms with E-state index >= 15 is 0 Å². The van der Waals surface area contributed by atoms with Crippen LogP contribution in [-0.2, 0) is 19.2 Å². The molecule has 1 aliphatic heterocycles. The Bertz CT molecular complexity index is 502. The van der Waals surface area contributed by atoms with Crippen LogP contribution in [0.4, 0.5) is 0 Å². The molecule has 94 valence electrons. The SMILES string of the molecule is C/C(=C/C(=O)ON1C(=O)CCC1=O)n1ccnc1. The zero-order valence-corrected chi connectivity index (χ0v) is 9.70. The Kier molecular flexibility index (Phi) is 3.22. The molecule has 0 bridgehead atoms. The highest BCUT2D eigenvalue weighted by atomic mass is 16.7. The zero-order chi connectivity index (χ0) is 13.1. The molecule has 2 amide bonds. The summed E-state index contributed by atoms with van der Waals surface area (Å²) in [6.07, 6.45) is 6.08. The molecule has 0 N–H and O–H groups in total. The summed E-state index contributed by atoms with van der Waals surface area (Å²) in [7, 11) is 0. The molecule has 2 heterocycles. The molecule has 1 aromatic rings. The number of rotatable bonds is 3. The number of imidazole rings is 1. The van der Waals surface area contributed by atoms with Gasteiger partial charge in [0.1, 0.15) is 0 Å². The van der Waals surface area contributed by atoms with E-state index in [1.54, 1.807) is 23.9 Å². The van der Waals surface area contributed by atoms with Gasteiger partial charge >= 0.3 is 5.97 Å². The first kappa shape index (κ1) is 12.0. The van der Waals surface area contributed by atoms with Gasteiger partial charge in [0.2, 0.25) is 0 Å². The first-order valence-corrected chi connectivity index (χ1v) is 5.32. The number of imide groups is 1. The molecular formula is C11H11N3O4. The predicted octanol–water partition coefficient (Wildman–Crippen LogP) is 0.351. The van der Waals surface area contributed by atoms with Crippen molar-refractivity contribution >= 4 is 23.5 Å². The van der Waals surface area contributed by atoms with E-state index in [2.05, 4.69) is 9.82 Å². The van der Waals surface area contributed by atoms with Crippen LogP contribution in [0, 0.1) is 0 Å². The Balaban J connectivity index is 2.03. The van der Waals surface area contributed by atoms with Crippen molar-refractivity contribution in [3.8, 4) is 0 Å². The summed E-state index contributed by atoms with van der Waals surface area (Å²) in [5.74, 6) is -1.77. The molecule has 1 aromatic heterocycles.